The van der Waals surface area contributed by atoms with Gasteiger partial charge in [0.1, 0.15) is 11.5 Å². The van der Waals surface area contributed by atoms with Crippen LogP contribution in [0.2, 0.25) is 0 Å². The maximum absolute atomic E-state index is 9.99. The molecule has 1 aromatic heterocycles. The van der Waals surface area contributed by atoms with Gasteiger partial charge >= 0.3 is 0 Å². The molecule has 1 atom stereocenters. The average Bonchev–Trinajstić information content (AvgIpc) is 2.58. The van der Waals surface area contributed by atoms with E-state index in [9.17, 15) is 5.11 Å². The molecule has 0 amide bonds. The maximum Gasteiger partial charge on any atom is 0.138 e. The van der Waals surface area contributed by atoms with E-state index in [1.807, 2.05) is 25.1 Å². The molecule has 1 aliphatic heterocycles. The number of likely N-dealkylation sites (tertiary alicyclic amines) is 1. The van der Waals surface area contributed by atoms with Crippen molar-refractivity contribution in [2.24, 2.45) is 5.92 Å². The van der Waals surface area contributed by atoms with Crippen LogP contribution in [0, 0.1) is 19.8 Å². The maximum atomic E-state index is 9.99. The van der Waals surface area contributed by atoms with E-state index in [1.54, 1.807) is 6.07 Å². The number of aromatic hydroxyl groups is 1. The number of rotatable bonds is 5. The van der Waals surface area contributed by atoms with E-state index in [2.05, 4.69) is 28.9 Å². The van der Waals surface area contributed by atoms with Crippen molar-refractivity contribution in [1.82, 2.24) is 9.88 Å². The first-order valence-electron chi connectivity index (χ1n) is 8.67. The molecule has 4 heteroatoms. The van der Waals surface area contributed by atoms with Crippen molar-refractivity contribution in [2.75, 3.05) is 19.7 Å². The smallest absolute Gasteiger partial charge is 0.138 e. The highest BCUT2D eigenvalue weighted by Crippen LogP contribution is 2.23. The van der Waals surface area contributed by atoms with Crippen molar-refractivity contribution in [1.29, 1.82) is 0 Å². The molecule has 0 bridgehead atoms. The molecule has 1 fully saturated rings. The Morgan fingerprint density at radius 3 is 2.75 bits per heavy atom. The minimum atomic E-state index is 0.290. The number of benzene rings is 1. The summed E-state index contributed by atoms with van der Waals surface area (Å²) in [5.41, 5.74) is 2.96. The fraction of sp³-hybridized carbons (Fsp3) is 0.450. The molecule has 1 aromatic carbocycles. The molecule has 3 rings (SSSR count). The number of piperidine rings is 1. The highest BCUT2D eigenvalue weighted by molar-refractivity contribution is 5.28. The van der Waals surface area contributed by atoms with Gasteiger partial charge in [-0.15, -0.1) is 0 Å². The van der Waals surface area contributed by atoms with E-state index in [0.29, 0.717) is 18.2 Å². The van der Waals surface area contributed by atoms with Gasteiger partial charge in [-0.1, -0.05) is 17.7 Å². The molecule has 0 radical (unpaired) electrons. The normalized spacial score (nSPS) is 18.5. The number of nitrogens with zero attached hydrogens (tertiary/aromatic N) is 2. The van der Waals surface area contributed by atoms with Gasteiger partial charge in [-0.2, -0.15) is 0 Å². The summed E-state index contributed by atoms with van der Waals surface area (Å²) in [4.78, 5) is 6.84. The summed E-state index contributed by atoms with van der Waals surface area (Å²) in [5, 5.41) is 9.99. The Kier molecular flexibility index (Phi) is 5.36. The SMILES string of the molecule is Cc1ccc(OCC2CCCN(Cc3nc(C)ccc3O)C2)cc1. The average molecular weight is 326 g/mol. The standard InChI is InChI=1S/C20H26N2O2/c1-15-5-8-18(9-6-15)24-14-17-4-3-11-22(12-17)13-19-20(23)10-7-16(2)21-19/h5-10,17,23H,3-4,11-14H2,1-2H3. The first-order valence-corrected chi connectivity index (χ1v) is 8.67. The number of pyridine rings is 1. The van der Waals surface area contributed by atoms with Crippen molar-refractivity contribution in [3.05, 3.63) is 53.3 Å². The van der Waals surface area contributed by atoms with Crippen molar-refractivity contribution >= 4 is 0 Å². The third-order valence-electron chi connectivity index (χ3n) is 4.57. The fourth-order valence-electron chi connectivity index (χ4n) is 3.21. The Bertz CT molecular complexity index is 670. The van der Waals surface area contributed by atoms with Gasteiger partial charge in [0, 0.05) is 24.7 Å². The molecule has 0 spiro atoms. The predicted octanol–water partition coefficient (Wildman–Crippen LogP) is 3.70. The van der Waals surface area contributed by atoms with E-state index in [1.165, 1.54) is 12.0 Å². The first-order chi connectivity index (χ1) is 11.6. The van der Waals surface area contributed by atoms with Gasteiger partial charge in [0.05, 0.1) is 12.3 Å². The van der Waals surface area contributed by atoms with Crippen LogP contribution in [0.3, 0.4) is 0 Å². The number of aryl methyl sites for hydroxylation is 2. The van der Waals surface area contributed by atoms with E-state index in [-0.39, 0.29) is 0 Å². The molecular weight excluding hydrogens is 300 g/mol. The summed E-state index contributed by atoms with van der Waals surface area (Å²) in [6.07, 6.45) is 2.35. The first kappa shape index (κ1) is 16.8. The van der Waals surface area contributed by atoms with Crippen LogP contribution < -0.4 is 4.74 Å². The molecular formula is C20H26N2O2. The Balaban J connectivity index is 1.54. The molecule has 1 unspecified atom stereocenters. The molecule has 1 N–H and O–H groups in total. The van der Waals surface area contributed by atoms with Crippen LogP contribution in [0.1, 0.15) is 29.8 Å². The van der Waals surface area contributed by atoms with Crippen LogP contribution in [0.25, 0.3) is 0 Å². The van der Waals surface area contributed by atoms with Crippen LogP contribution >= 0.6 is 0 Å². The van der Waals surface area contributed by atoms with E-state index >= 15 is 0 Å². The van der Waals surface area contributed by atoms with Crippen LogP contribution in [0.15, 0.2) is 36.4 Å². The van der Waals surface area contributed by atoms with Crippen LogP contribution in [-0.4, -0.2) is 34.7 Å². The van der Waals surface area contributed by atoms with Crippen LogP contribution in [0.5, 0.6) is 11.5 Å². The van der Waals surface area contributed by atoms with Crippen molar-refractivity contribution < 1.29 is 9.84 Å². The van der Waals surface area contributed by atoms with E-state index in [4.69, 9.17) is 4.74 Å². The number of hydrogen-bond acceptors (Lipinski definition) is 4. The molecule has 4 nitrogen and oxygen atoms in total. The number of ether oxygens (including phenoxy) is 1. The summed E-state index contributed by atoms with van der Waals surface area (Å²) >= 11 is 0. The molecule has 2 heterocycles. The Hall–Kier alpha value is -2.07. The Morgan fingerprint density at radius 2 is 1.96 bits per heavy atom. The molecule has 1 saturated heterocycles. The summed E-state index contributed by atoms with van der Waals surface area (Å²) < 4.78 is 5.95. The number of hydrogen-bond donors (Lipinski definition) is 1. The third-order valence-corrected chi connectivity index (χ3v) is 4.57. The summed E-state index contributed by atoms with van der Waals surface area (Å²) in [6, 6.07) is 11.8. The lowest BCUT2D eigenvalue weighted by Crippen LogP contribution is -2.37. The Labute approximate surface area is 144 Å². The second kappa shape index (κ2) is 7.67. The largest absolute Gasteiger partial charge is 0.506 e. The van der Waals surface area contributed by atoms with Crippen molar-refractivity contribution in [3.8, 4) is 11.5 Å². The quantitative estimate of drug-likeness (QED) is 0.910. The van der Waals surface area contributed by atoms with Crippen LogP contribution in [0.4, 0.5) is 0 Å². The number of aromatic nitrogens is 1. The topological polar surface area (TPSA) is 45.6 Å². The summed E-state index contributed by atoms with van der Waals surface area (Å²) in [5.74, 6) is 1.75. The molecule has 1 aliphatic rings. The molecule has 2 aromatic rings. The summed E-state index contributed by atoms with van der Waals surface area (Å²) in [7, 11) is 0. The minimum Gasteiger partial charge on any atom is -0.506 e. The minimum absolute atomic E-state index is 0.290. The molecule has 128 valence electrons. The van der Waals surface area contributed by atoms with E-state index < -0.39 is 0 Å². The summed E-state index contributed by atoms with van der Waals surface area (Å²) in [6.45, 7) is 7.52. The van der Waals surface area contributed by atoms with Crippen molar-refractivity contribution in [3.63, 3.8) is 0 Å². The van der Waals surface area contributed by atoms with Gasteiger partial charge in [-0.3, -0.25) is 9.88 Å². The zero-order chi connectivity index (χ0) is 16.9. The molecule has 24 heavy (non-hydrogen) atoms. The molecule has 0 aliphatic carbocycles. The van der Waals surface area contributed by atoms with E-state index in [0.717, 1.165) is 43.3 Å². The van der Waals surface area contributed by atoms with Gasteiger partial charge in [0.2, 0.25) is 0 Å². The van der Waals surface area contributed by atoms with Crippen molar-refractivity contribution in [2.45, 2.75) is 33.2 Å². The Morgan fingerprint density at radius 1 is 1.17 bits per heavy atom. The van der Waals surface area contributed by atoms with Gasteiger partial charge in [-0.25, -0.2) is 0 Å². The zero-order valence-corrected chi connectivity index (χ0v) is 14.5. The lowest BCUT2D eigenvalue weighted by Gasteiger charge is -2.32. The molecule has 0 saturated carbocycles. The second-order valence-electron chi connectivity index (χ2n) is 6.79. The highest BCUT2D eigenvalue weighted by Gasteiger charge is 2.21. The third kappa shape index (κ3) is 4.48. The zero-order valence-electron chi connectivity index (χ0n) is 14.5. The van der Waals surface area contributed by atoms with Gasteiger partial charge < -0.3 is 9.84 Å². The van der Waals surface area contributed by atoms with Gasteiger partial charge in [0.25, 0.3) is 0 Å². The lowest BCUT2D eigenvalue weighted by molar-refractivity contribution is 0.123. The van der Waals surface area contributed by atoms with Gasteiger partial charge in [0.15, 0.2) is 0 Å². The monoisotopic (exact) mass is 326 g/mol. The highest BCUT2D eigenvalue weighted by atomic mass is 16.5. The van der Waals surface area contributed by atoms with Gasteiger partial charge in [-0.05, 0) is 57.5 Å². The fourth-order valence-corrected chi connectivity index (χ4v) is 3.21. The second-order valence-corrected chi connectivity index (χ2v) is 6.79. The lowest BCUT2D eigenvalue weighted by atomic mass is 9.98. The predicted molar refractivity (Wildman–Crippen MR) is 95.3 cm³/mol. The van der Waals surface area contributed by atoms with Crippen LogP contribution in [-0.2, 0) is 6.54 Å².